The van der Waals surface area contributed by atoms with Crippen LogP contribution in [0.2, 0.25) is 0 Å². The summed E-state index contributed by atoms with van der Waals surface area (Å²) >= 11 is 0. The fourth-order valence-electron chi connectivity index (χ4n) is 1.82. The van der Waals surface area contributed by atoms with E-state index < -0.39 is 5.82 Å². The molecule has 0 saturated carbocycles. The van der Waals surface area contributed by atoms with Gasteiger partial charge in [0.1, 0.15) is 11.5 Å². The lowest BCUT2D eigenvalue weighted by atomic mass is 10.2. The monoisotopic (exact) mass is 304 g/mol. The second-order valence-electron chi connectivity index (χ2n) is 4.81. The van der Waals surface area contributed by atoms with Gasteiger partial charge in [-0.1, -0.05) is 0 Å². The van der Waals surface area contributed by atoms with Crippen molar-refractivity contribution >= 4 is 11.8 Å². The minimum absolute atomic E-state index is 0.272. The molecule has 2 aromatic rings. The molecule has 0 radical (unpaired) electrons. The summed E-state index contributed by atoms with van der Waals surface area (Å²) in [5.74, 6) is -1.00. The fourth-order valence-corrected chi connectivity index (χ4v) is 1.82. The van der Waals surface area contributed by atoms with E-state index in [4.69, 9.17) is 0 Å². The Kier molecular flexibility index (Phi) is 4.88. The van der Waals surface area contributed by atoms with Gasteiger partial charge in [0.05, 0.1) is 0 Å². The molecule has 0 aliphatic rings. The Morgan fingerprint density at radius 2 is 1.73 bits per heavy atom. The maximum Gasteiger partial charge on any atom is 0.271 e. The van der Waals surface area contributed by atoms with E-state index in [1.54, 1.807) is 17.8 Å². The van der Waals surface area contributed by atoms with Crippen LogP contribution in [0.25, 0.3) is 0 Å². The largest absolute Gasteiger partial charge is 0.350 e. The zero-order valence-corrected chi connectivity index (χ0v) is 12.4. The predicted molar refractivity (Wildman–Crippen MR) is 79.0 cm³/mol. The van der Waals surface area contributed by atoms with Crippen molar-refractivity contribution in [2.75, 3.05) is 13.1 Å². The lowest BCUT2D eigenvalue weighted by Crippen LogP contribution is -2.34. The summed E-state index contributed by atoms with van der Waals surface area (Å²) < 4.78 is 14.4. The average molecular weight is 304 g/mol. The first kappa shape index (κ1) is 15.7. The van der Waals surface area contributed by atoms with Crippen molar-refractivity contribution in [3.63, 3.8) is 0 Å². The molecule has 6 nitrogen and oxygen atoms in total. The molecule has 7 heteroatoms. The molecule has 22 heavy (non-hydrogen) atoms. The molecule has 0 spiro atoms. The summed E-state index contributed by atoms with van der Waals surface area (Å²) in [4.78, 5) is 23.6. The van der Waals surface area contributed by atoms with Crippen molar-refractivity contribution in [3.8, 4) is 0 Å². The second-order valence-corrected chi connectivity index (χ2v) is 4.81. The first-order valence-corrected chi connectivity index (χ1v) is 6.80. The second kappa shape index (κ2) is 6.84. The van der Waals surface area contributed by atoms with E-state index in [0.29, 0.717) is 11.3 Å². The molecule has 0 atom stereocenters. The van der Waals surface area contributed by atoms with E-state index in [9.17, 15) is 14.0 Å². The van der Waals surface area contributed by atoms with Crippen LogP contribution in [0.15, 0.2) is 30.3 Å². The highest BCUT2D eigenvalue weighted by molar-refractivity contribution is 5.94. The number of hydrogen-bond acceptors (Lipinski definition) is 3. The Hall–Kier alpha value is -2.70. The molecule has 2 amide bonds. The standard InChI is InChI=1S/C15H17FN4O2/c1-10-9-13(19-20(10)2)15(22)18-8-7-17-14(21)11-3-5-12(16)6-4-11/h3-6,9H,7-8H2,1-2H3,(H,17,21)(H,18,22). The van der Waals surface area contributed by atoms with Crippen LogP contribution >= 0.6 is 0 Å². The Balaban J connectivity index is 1.76. The number of carbonyl (C=O) groups is 2. The van der Waals surface area contributed by atoms with E-state index in [1.807, 2.05) is 6.92 Å². The van der Waals surface area contributed by atoms with Crippen molar-refractivity contribution in [2.24, 2.45) is 7.05 Å². The van der Waals surface area contributed by atoms with Crippen LogP contribution in [0.4, 0.5) is 4.39 Å². The number of carbonyl (C=O) groups excluding carboxylic acids is 2. The van der Waals surface area contributed by atoms with Gasteiger partial charge in [-0.3, -0.25) is 14.3 Å². The molecule has 0 fully saturated rings. The highest BCUT2D eigenvalue weighted by atomic mass is 19.1. The van der Waals surface area contributed by atoms with Crippen LogP contribution < -0.4 is 10.6 Å². The molecule has 2 N–H and O–H groups in total. The molecule has 0 unspecified atom stereocenters. The van der Waals surface area contributed by atoms with Gasteiger partial charge < -0.3 is 10.6 Å². The molecule has 0 bridgehead atoms. The van der Waals surface area contributed by atoms with Crippen LogP contribution in [0, 0.1) is 12.7 Å². The summed E-state index contributed by atoms with van der Waals surface area (Å²) in [6.45, 7) is 2.40. The number of nitrogens with one attached hydrogen (secondary N) is 2. The fraction of sp³-hybridized carbons (Fsp3) is 0.267. The zero-order chi connectivity index (χ0) is 16.1. The topological polar surface area (TPSA) is 76.0 Å². The number of rotatable bonds is 5. The minimum atomic E-state index is -0.394. The van der Waals surface area contributed by atoms with Crippen molar-refractivity contribution < 1.29 is 14.0 Å². The summed E-state index contributed by atoms with van der Waals surface area (Å²) in [5.41, 5.74) is 1.59. The molecule has 1 aromatic carbocycles. The molecule has 1 aromatic heterocycles. The van der Waals surface area contributed by atoms with Crippen LogP contribution in [0.1, 0.15) is 26.5 Å². The number of amides is 2. The third kappa shape index (κ3) is 3.91. The Morgan fingerprint density at radius 1 is 1.14 bits per heavy atom. The van der Waals surface area contributed by atoms with Gasteiger partial charge in [-0.05, 0) is 37.3 Å². The van der Waals surface area contributed by atoms with Gasteiger partial charge >= 0.3 is 0 Å². The van der Waals surface area contributed by atoms with Gasteiger partial charge in [-0.2, -0.15) is 5.10 Å². The predicted octanol–water partition coefficient (Wildman–Crippen LogP) is 1.03. The molecule has 0 aliphatic carbocycles. The number of aryl methyl sites for hydroxylation is 2. The lowest BCUT2D eigenvalue weighted by Gasteiger charge is -2.06. The van der Waals surface area contributed by atoms with Crippen LogP contribution in [-0.2, 0) is 7.05 Å². The molecule has 0 aliphatic heterocycles. The van der Waals surface area contributed by atoms with Gasteiger partial charge in [-0.25, -0.2) is 4.39 Å². The molecule has 1 heterocycles. The molecule has 0 saturated heterocycles. The van der Waals surface area contributed by atoms with E-state index in [1.165, 1.54) is 24.3 Å². The smallest absolute Gasteiger partial charge is 0.271 e. The third-order valence-corrected chi connectivity index (χ3v) is 3.15. The minimum Gasteiger partial charge on any atom is -0.350 e. The first-order valence-electron chi connectivity index (χ1n) is 6.80. The van der Waals surface area contributed by atoms with Crippen LogP contribution in [0.3, 0.4) is 0 Å². The first-order chi connectivity index (χ1) is 10.5. The third-order valence-electron chi connectivity index (χ3n) is 3.15. The lowest BCUT2D eigenvalue weighted by molar-refractivity contribution is 0.0924. The number of hydrogen-bond donors (Lipinski definition) is 2. The van der Waals surface area contributed by atoms with Gasteiger partial charge in [0.2, 0.25) is 0 Å². The average Bonchev–Trinajstić information content (AvgIpc) is 2.83. The van der Waals surface area contributed by atoms with Gasteiger partial charge in [0, 0.05) is 31.4 Å². The quantitative estimate of drug-likeness (QED) is 0.810. The maximum absolute atomic E-state index is 12.8. The molecule has 116 valence electrons. The maximum atomic E-state index is 12.8. The van der Waals surface area contributed by atoms with Gasteiger partial charge in [-0.15, -0.1) is 0 Å². The van der Waals surface area contributed by atoms with Crippen molar-refractivity contribution in [3.05, 3.63) is 53.1 Å². The zero-order valence-electron chi connectivity index (χ0n) is 12.4. The van der Waals surface area contributed by atoms with Gasteiger partial charge in [0.25, 0.3) is 11.8 Å². The van der Waals surface area contributed by atoms with E-state index >= 15 is 0 Å². The van der Waals surface area contributed by atoms with Crippen molar-refractivity contribution in [2.45, 2.75) is 6.92 Å². The summed E-state index contributed by atoms with van der Waals surface area (Å²) in [6.07, 6.45) is 0. The number of halogens is 1. The summed E-state index contributed by atoms with van der Waals surface area (Å²) in [7, 11) is 1.76. The molecular weight excluding hydrogens is 287 g/mol. The summed E-state index contributed by atoms with van der Waals surface area (Å²) in [6, 6.07) is 6.94. The number of benzene rings is 1. The molecule has 2 rings (SSSR count). The number of nitrogens with zero attached hydrogens (tertiary/aromatic N) is 2. The SMILES string of the molecule is Cc1cc(C(=O)NCCNC(=O)c2ccc(F)cc2)nn1C. The van der Waals surface area contributed by atoms with E-state index in [2.05, 4.69) is 15.7 Å². The van der Waals surface area contributed by atoms with E-state index in [-0.39, 0.29) is 24.9 Å². The number of aromatic nitrogens is 2. The normalized spacial score (nSPS) is 10.3. The highest BCUT2D eigenvalue weighted by Crippen LogP contribution is 2.02. The van der Waals surface area contributed by atoms with Crippen LogP contribution in [0.5, 0.6) is 0 Å². The van der Waals surface area contributed by atoms with Gasteiger partial charge in [0.15, 0.2) is 0 Å². The highest BCUT2D eigenvalue weighted by Gasteiger charge is 2.10. The Morgan fingerprint density at radius 3 is 2.27 bits per heavy atom. The van der Waals surface area contributed by atoms with Crippen molar-refractivity contribution in [1.82, 2.24) is 20.4 Å². The van der Waals surface area contributed by atoms with E-state index in [0.717, 1.165) is 5.69 Å². The Bertz CT molecular complexity index is 660. The van der Waals surface area contributed by atoms with Crippen molar-refractivity contribution in [1.29, 1.82) is 0 Å². The Labute approximate surface area is 127 Å². The molecular formula is C15H17FN4O2. The summed E-state index contributed by atoms with van der Waals surface area (Å²) in [5, 5.41) is 9.37. The van der Waals surface area contributed by atoms with Crippen LogP contribution in [-0.4, -0.2) is 34.7 Å².